The van der Waals surface area contributed by atoms with E-state index in [9.17, 15) is 0 Å². The lowest BCUT2D eigenvalue weighted by Crippen LogP contribution is -2.47. The van der Waals surface area contributed by atoms with Gasteiger partial charge in [-0.05, 0) is 46.1 Å². The molecule has 162 valence electrons. The molecule has 0 aliphatic carbocycles. The summed E-state index contributed by atoms with van der Waals surface area (Å²) in [6.45, 7) is 9.35. The van der Waals surface area contributed by atoms with Gasteiger partial charge in [0, 0.05) is 39.3 Å². The summed E-state index contributed by atoms with van der Waals surface area (Å²) in [6.07, 6.45) is 0. The first-order valence-electron chi connectivity index (χ1n) is 9.69. The van der Waals surface area contributed by atoms with E-state index in [4.69, 9.17) is 24.5 Å². The summed E-state index contributed by atoms with van der Waals surface area (Å²) in [5, 5.41) is 14.8. The van der Waals surface area contributed by atoms with Crippen LogP contribution in [0.5, 0.6) is 5.75 Å². The SMILES string of the molecule is Cc1ccc(OCCN2CCN(Cc3ccccc3)CC2)c(Br)c1.O=C(O)C(=O)O. The third kappa shape index (κ3) is 8.52. The van der Waals surface area contributed by atoms with Crippen LogP contribution in [0.15, 0.2) is 53.0 Å². The number of hydrogen-bond acceptors (Lipinski definition) is 5. The minimum atomic E-state index is -1.82. The number of aryl methyl sites for hydroxylation is 1. The van der Waals surface area contributed by atoms with Gasteiger partial charge in [0.05, 0.1) is 4.47 Å². The maximum absolute atomic E-state index is 9.10. The second-order valence-corrected chi connectivity index (χ2v) is 7.85. The fourth-order valence-corrected chi connectivity index (χ4v) is 3.63. The molecule has 3 rings (SSSR count). The molecule has 0 radical (unpaired) electrons. The molecule has 30 heavy (non-hydrogen) atoms. The largest absolute Gasteiger partial charge is 0.491 e. The zero-order valence-electron chi connectivity index (χ0n) is 17.0. The van der Waals surface area contributed by atoms with Crippen LogP contribution in [0.3, 0.4) is 0 Å². The van der Waals surface area contributed by atoms with Crippen LogP contribution < -0.4 is 4.74 Å². The number of hydrogen-bond donors (Lipinski definition) is 2. The van der Waals surface area contributed by atoms with Crippen molar-refractivity contribution in [3.05, 3.63) is 64.1 Å². The standard InChI is InChI=1S/C20H25BrN2O.C2H2O4/c1-17-7-8-20(19(21)15-17)24-14-13-22-9-11-23(12-10-22)16-18-5-3-2-4-6-18;3-1(4)2(5)6/h2-8,15H,9-14,16H2,1H3;(H,3,4)(H,5,6). The Morgan fingerprint density at radius 3 is 2.13 bits per heavy atom. The molecule has 2 aromatic rings. The van der Waals surface area contributed by atoms with E-state index in [1.807, 2.05) is 6.07 Å². The molecule has 1 aliphatic rings. The molecule has 1 aliphatic heterocycles. The van der Waals surface area contributed by atoms with Gasteiger partial charge >= 0.3 is 11.9 Å². The lowest BCUT2D eigenvalue weighted by Gasteiger charge is -2.34. The zero-order chi connectivity index (χ0) is 21.9. The van der Waals surface area contributed by atoms with Crippen molar-refractivity contribution in [2.24, 2.45) is 0 Å². The van der Waals surface area contributed by atoms with E-state index in [0.717, 1.165) is 56.1 Å². The third-order valence-electron chi connectivity index (χ3n) is 4.65. The number of rotatable bonds is 6. The van der Waals surface area contributed by atoms with Crippen molar-refractivity contribution in [3.8, 4) is 5.75 Å². The van der Waals surface area contributed by atoms with Crippen LogP contribution in [0, 0.1) is 6.92 Å². The molecule has 1 heterocycles. The molecule has 2 N–H and O–H groups in total. The van der Waals surface area contributed by atoms with Gasteiger partial charge in [0.2, 0.25) is 0 Å². The Hall–Kier alpha value is -2.42. The van der Waals surface area contributed by atoms with Gasteiger partial charge < -0.3 is 14.9 Å². The fraction of sp³-hybridized carbons (Fsp3) is 0.364. The van der Waals surface area contributed by atoms with E-state index >= 15 is 0 Å². The number of nitrogens with zero attached hydrogens (tertiary/aromatic N) is 2. The van der Waals surface area contributed by atoms with Gasteiger partial charge in [0.25, 0.3) is 0 Å². The smallest absolute Gasteiger partial charge is 0.414 e. The summed E-state index contributed by atoms with van der Waals surface area (Å²) in [6, 6.07) is 16.9. The molecule has 1 fully saturated rings. The van der Waals surface area contributed by atoms with E-state index in [1.54, 1.807) is 0 Å². The van der Waals surface area contributed by atoms with Gasteiger partial charge in [-0.2, -0.15) is 0 Å². The second kappa shape index (κ2) is 12.3. The molecule has 7 nitrogen and oxygen atoms in total. The summed E-state index contributed by atoms with van der Waals surface area (Å²) in [4.78, 5) is 23.2. The first kappa shape index (κ1) is 23.9. The number of carboxylic acid groups (broad SMARTS) is 2. The maximum atomic E-state index is 9.10. The first-order valence-corrected chi connectivity index (χ1v) is 10.5. The monoisotopic (exact) mass is 478 g/mol. The molecule has 8 heteroatoms. The lowest BCUT2D eigenvalue weighted by atomic mass is 10.2. The van der Waals surface area contributed by atoms with E-state index in [0.29, 0.717) is 0 Å². The minimum absolute atomic E-state index is 0.736. The molecule has 0 bridgehead atoms. The Morgan fingerprint density at radius 1 is 0.967 bits per heavy atom. The van der Waals surface area contributed by atoms with Crippen molar-refractivity contribution >= 4 is 27.9 Å². The van der Waals surface area contributed by atoms with Crippen LogP contribution in [0.2, 0.25) is 0 Å². The highest BCUT2D eigenvalue weighted by Gasteiger charge is 2.16. The maximum Gasteiger partial charge on any atom is 0.414 e. The first-order chi connectivity index (χ1) is 14.3. The highest BCUT2D eigenvalue weighted by molar-refractivity contribution is 9.10. The molecular formula is C22H27BrN2O5. The third-order valence-corrected chi connectivity index (χ3v) is 5.27. The van der Waals surface area contributed by atoms with E-state index in [-0.39, 0.29) is 0 Å². The zero-order valence-corrected chi connectivity index (χ0v) is 18.5. The summed E-state index contributed by atoms with van der Waals surface area (Å²) < 4.78 is 6.95. The number of carboxylic acids is 2. The van der Waals surface area contributed by atoms with Crippen molar-refractivity contribution in [2.75, 3.05) is 39.3 Å². The highest BCUT2D eigenvalue weighted by Crippen LogP contribution is 2.25. The summed E-state index contributed by atoms with van der Waals surface area (Å²) in [7, 11) is 0. The molecule has 0 saturated carbocycles. The summed E-state index contributed by atoms with van der Waals surface area (Å²) in [5.74, 6) is -2.71. The lowest BCUT2D eigenvalue weighted by molar-refractivity contribution is -0.159. The average Bonchev–Trinajstić information content (AvgIpc) is 2.72. The van der Waals surface area contributed by atoms with Crippen LogP contribution >= 0.6 is 15.9 Å². The summed E-state index contributed by atoms with van der Waals surface area (Å²) in [5.41, 5.74) is 2.64. The Morgan fingerprint density at radius 2 is 1.57 bits per heavy atom. The normalized spacial score (nSPS) is 14.5. The van der Waals surface area contributed by atoms with Crippen LogP contribution in [0.1, 0.15) is 11.1 Å². The van der Waals surface area contributed by atoms with Crippen molar-refractivity contribution in [1.82, 2.24) is 9.80 Å². The molecule has 0 unspecified atom stereocenters. The van der Waals surface area contributed by atoms with Gasteiger partial charge in [-0.25, -0.2) is 9.59 Å². The van der Waals surface area contributed by atoms with Crippen molar-refractivity contribution in [1.29, 1.82) is 0 Å². The topological polar surface area (TPSA) is 90.3 Å². The van der Waals surface area contributed by atoms with Crippen molar-refractivity contribution in [3.63, 3.8) is 0 Å². The molecule has 2 aromatic carbocycles. The fourth-order valence-electron chi connectivity index (χ4n) is 3.02. The van der Waals surface area contributed by atoms with Gasteiger partial charge in [-0.15, -0.1) is 0 Å². The van der Waals surface area contributed by atoms with Gasteiger partial charge in [0.1, 0.15) is 12.4 Å². The van der Waals surface area contributed by atoms with Gasteiger partial charge in [-0.1, -0.05) is 36.4 Å². The van der Waals surface area contributed by atoms with Gasteiger partial charge in [-0.3, -0.25) is 9.80 Å². The van der Waals surface area contributed by atoms with E-state index < -0.39 is 11.9 Å². The van der Waals surface area contributed by atoms with E-state index in [2.05, 4.69) is 75.1 Å². The number of ether oxygens (including phenoxy) is 1. The number of carbonyl (C=O) groups is 2. The Kier molecular flexibility index (Phi) is 9.79. The Balaban J connectivity index is 0.000000469. The van der Waals surface area contributed by atoms with Crippen LogP contribution in [0.25, 0.3) is 0 Å². The average molecular weight is 479 g/mol. The van der Waals surface area contributed by atoms with Crippen LogP contribution in [-0.2, 0) is 16.1 Å². The number of benzene rings is 2. The second-order valence-electron chi connectivity index (χ2n) is 7.00. The van der Waals surface area contributed by atoms with Crippen LogP contribution in [-0.4, -0.2) is 71.3 Å². The van der Waals surface area contributed by atoms with Crippen molar-refractivity contribution < 1.29 is 24.5 Å². The number of aliphatic carboxylic acids is 2. The predicted molar refractivity (Wildman–Crippen MR) is 118 cm³/mol. The minimum Gasteiger partial charge on any atom is -0.491 e. The summed E-state index contributed by atoms with van der Waals surface area (Å²) >= 11 is 3.57. The van der Waals surface area contributed by atoms with E-state index in [1.165, 1.54) is 11.1 Å². The molecule has 0 spiro atoms. The Bertz CT molecular complexity index is 812. The number of halogens is 1. The quantitative estimate of drug-likeness (QED) is 0.616. The molecule has 0 atom stereocenters. The van der Waals surface area contributed by atoms with Crippen LogP contribution in [0.4, 0.5) is 0 Å². The molecule has 0 amide bonds. The van der Waals surface area contributed by atoms with Crippen molar-refractivity contribution in [2.45, 2.75) is 13.5 Å². The number of piperazine rings is 1. The van der Waals surface area contributed by atoms with Gasteiger partial charge in [0.15, 0.2) is 0 Å². The molecule has 1 saturated heterocycles. The predicted octanol–water partition coefficient (Wildman–Crippen LogP) is 3.11. The Labute approximate surface area is 185 Å². The highest BCUT2D eigenvalue weighted by atomic mass is 79.9. The molecule has 0 aromatic heterocycles. The molecular weight excluding hydrogens is 452 g/mol.